The minimum absolute atomic E-state index is 0.185. The first kappa shape index (κ1) is 12.6. The van der Waals surface area contributed by atoms with Gasteiger partial charge in [0.1, 0.15) is 0 Å². The van der Waals surface area contributed by atoms with Crippen molar-refractivity contribution >= 4 is 15.7 Å². The Balaban J connectivity index is 2.09. The van der Waals surface area contributed by atoms with Gasteiger partial charge in [-0.3, -0.25) is 5.84 Å². The maximum atomic E-state index is 11.9. The number of nitrogens with two attached hydrogens (primary N) is 1. The van der Waals surface area contributed by atoms with Gasteiger partial charge in [0.15, 0.2) is 0 Å². The van der Waals surface area contributed by atoms with E-state index in [1.54, 1.807) is 18.2 Å². The molecule has 2 aromatic rings. The first-order valence-corrected chi connectivity index (χ1v) is 6.67. The van der Waals surface area contributed by atoms with Crippen LogP contribution >= 0.6 is 0 Å². The Bertz CT molecular complexity index is 591. The summed E-state index contributed by atoms with van der Waals surface area (Å²) in [4.78, 5) is 0.185. The summed E-state index contributed by atoms with van der Waals surface area (Å²) >= 11 is 0. The number of nitrogen functional groups attached to an aromatic ring is 1. The van der Waals surface area contributed by atoms with E-state index in [0.29, 0.717) is 5.69 Å². The lowest BCUT2D eigenvalue weighted by atomic mass is 10.3. The van der Waals surface area contributed by atoms with Crippen molar-refractivity contribution in [3.8, 4) is 0 Å². The molecule has 0 radical (unpaired) electrons. The Morgan fingerprint density at radius 3 is 2.44 bits per heavy atom. The molecule has 6 nitrogen and oxygen atoms in total. The molecule has 0 aliphatic carbocycles. The summed E-state index contributed by atoms with van der Waals surface area (Å²) in [6.45, 7) is 0.190. The quantitative estimate of drug-likeness (QED) is 0.555. The van der Waals surface area contributed by atoms with Crippen molar-refractivity contribution in [1.29, 1.82) is 0 Å². The molecule has 1 aromatic heterocycles. The second kappa shape index (κ2) is 5.21. The Hall–Kier alpha value is -1.83. The number of benzene rings is 1. The molecule has 0 atom stereocenters. The van der Waals surface area contributed by atoms with E-state index in [-0.39, 0.29) is 11.4 Å². The first-order chi connectivity index (χ1) is 8.62. The van der Waals surface area contributed by atoms with Crippen molar-refractivity contribution in [1.82, 2.24) is 4.72 Å². The molecular formula is C11H13N3O3S. The molecule has 96 valence electrons. The molecule has 4 N–H and O–H groups in total. The van der Waals surface area contributed by atoms with Crippen molar-refractivity contribution in [2.24, 2.45) is 5.84 Å². The van der Waals surface area contributed by atoms with Crippen LogP contribution in [0.1, 0.15) is 5.56 Å². The van der Waals surface area contributed by atoms with Gasteiger partial charge in [0.25, 0.3) is 0 Å². The van der Waals surface area contributed by atoms with Gasteiger partial charge in [0.2, 0.25) is 10.0 Å². The highest BCUT2D eigenvalue weighted by Gasteiger charge is 2.13. The predicted octanol–water partition coefficient (Wildman–Crippen LogP) is 1.04. The lowest BCUT2D eigenvalue weighted by Crippen LogP contribution is -2.23. The molecular weight excluding hydrogens is 254 g/mol. The van der Waals surface area contributed by atoms with Crippen molar-refractivity contribution in [2.45, 2.75) is 11.4 Å². The summed E-state index contributed by atoms with van der Waals surface area (Å²) in [5.41, 5.74) is 3.84. The monoisotopic (exact) mass is 267 g/mol. The number of nitrogens with one attached hydrogen (secondary N) is 2. The fourth-order valence-corrected chi connectivity index (χ4v) is 2.40. The van der Waals surface area contributed by atoms with E-state index in [0.717, 1.165) is 5.56 Å². The summed E-state index contributed by atoms with van der Waals surface area (Å²) < 4.78 is 31.2. The summed E-state index contributed by atoms with van der Waals surface area (Å²) in [6.07, 6.45) is 2.98. The van der Waals surface area contributed by atoms with Crippen LogP contribution in [0.3, 0.4) is 0 Å². The molecule has 1 heterocycles. The molecule has 0 saturated carbocycles. The van der Waals surface area contributed by atoms with Gasteiger partial charge in [-0.1, -0.05) is 0 Å². The van der Waals surface area contributed by atoms with E-state index in [4.69, 9.17) is 10.3 Å². The fourth-order valence-electron chi connectivity index (χ4n) is 1.39. The summed E-state index contributed by atoms with van der Waals surface area (Å²) in [5, 5.41) is 0. The first-order valence-electron chi connectivity index (χ1n) is 5.19. The zero-order valence-electron chi connectivity index (χ0n) is 9.46. The highest BCUT2D eigenvalue weighted by Crippen LogP contribution is 2.13. The second-order valence-corrected chi connectivity index (χ2v) is 5.39. The van der Waals surface area contributed by atoms with Crippen LogP contribution in [-0.4, -0.2) is 8.42 Å². The number of hydrogen-bond donors (Lipinski definition) is 3. The normalized spacial score (nSPS) is 11.4. The lowest BCUT2D eigenvalue weighted by molar-refractivity contribution is 0.561. The summed E-state index contributed by atoms with van der Waals surface area (Å²) in [6, 6.07) is 7.84. The number of hydrazine groups is 1. The molecule has 18 heavy (non-hydrogen) atoms. The van der Waals surface area contributed by atoms with Crippen LogP contribution in [0.25, 0.3) is 0 Å². The van der Waals surface area contributed by atoms with E-state index in [1.165, 1.54) is 24.7 Å². The van der Waals surface area contributed by atoms with E-state index in [9.17, 15) is 8.42 Å². The molecule has 0 unspecified atom stereocenters. The van der Waals surface area contributed by atoms with E-state index in [1.807, 2.05) is 0 Å². The van der Waals surface area contributed by atoms with Gasteiger partial charge in [-0.05, 0) is 30.3 Å². The average Bonchev–Trinajstić information content (AvgIpc) is 2.90. The summed E-state index contributed by atoms with van der Waals surface area (Å²) in [5.74, 6) is 5.21. The number of furan rings is 1. The predicted molar refractivity (Wildman–Crippen MR) is 67.0 cm³/mol. The molecule has 0 aliphatic heterocycles. The minimum atomic E-state index is -3.52. The Morgan fingerprint density at radius 1 is 1.17 bits per heavy atom. The highest BCUT2D eigenvalue weighted by atomic mass is 32.2. The molecule has 0 saturated heterocycles. The number of hydrogen-bond acceptors (Lipinski definition) is 5. The highest BCUT2D eigenvalue weighted by molar-refractivity contribution is 7.89. The third-order valence-electron chi connectivity index (χ3n) is 2.38. The molecule has 0 spiro atoms. The minimum Gasteiger partial charge on any atom is -0.472 e. The molecule has 0 fully saturated rings. The van der Waals surface area contributed by atoms with Gasteiger partial charge in [-0.15, -0.1) is 0 Å². The van der Waals surface area contributed by atoms with Crippen LogP contribution in [0.4, 0.5) is 5.69 Å². The number of sulfonamides is 1. The van der Waals surface area contributed by atoms with Crippen LogP contribution in [-0.2, 0) is 16.6 Å². The third-order valence-corrected chi connectivity index (χ3v) is 3.79. The van der Waals surface area contributed by atoms with E-state index in [2.05, 4.69) is 10.1 Å². The Labute approximate surface area is 105 Å². The molecule has 1 aromatic carbocycles. The Kier molecular flexibility index (Phi) is 3.66. The zero-order chi connectivity index (χ0) is 13.0. The second-order valence-electron chi connectivity index (χ2n) is 3.62. The topological polar surface area (TPSA) is 97.4 Å². The fraction of sp³-hybridized carbons (Fsp3) is 0.0909. The lowest BCUT2D eigenvalue weighted by Gasteiger charge is -2.06. The van der Waals surface area contributed by atoms with Gasteiger partial charge in [0.05, 0.1) is 17.4 Å². The molecule has 2 rings (SSSR count). The van der Waals surface area contributed by atoms with E-state index >= 15 is 0 Å². The van der Waals surface area contributed by atoms with Gasteiger partial charge < -0.3 is 9.84 Å². The SMILES string of the molecule is NNc1ccc(S(=O)(=O)NCc2ccoc2)cc1. The van der Waals surface area contributed by atoms with Crippen molar-refractivity contribution in [3.05, 3.63) is 48.4 Å². The van der Waals surface area contributed by atoms with Crippen LogP contribution in [0.5, 0.6) is 0 Å². The van der Waals surface area contributed by atoms with Crippen LogP contribution in [0.2, 0.25) is 0 Å². The van der Waals surface area contributed by atoms with Gasteiger partial charge in [-0.25, -0.2) is 13.1 Å². The molecule has 7 heteroatoms. The number of rotatable bonds is 5. The van der Waals surface area contributed by atoms with Gasteiger partial charge in [0, 0.05) is 17.8 Å². The maximum Gasteiger partial charge on any atom is 0.240 e. The maximum absolute atomic E-state index is 11.9. The van der Waals surface area contributed by atoms with Gasteiger partial charge in [-0.2, -0.15) is 0 Å². The number of anilines is 1. The molecule has 0 bridgehead atoms. The van der Waals surface area contributed by atoms with E-state index < -0.39 is 10.0 Å². The Morgan fingerprint density at radius 2 is 1.89 bits per heavy atom. The zero-order valence-corrected chi connectivity index (χ0v) is 10.3. The smallest absolute Gasteiger partial charge is 0.240 e. The standard InChI is InChI=1S/C11H13N3O3S/c12-14-10-1-3-11(4-2-10)18(15,16)13-7-9-5-6-17-8-9/h1-6,8,13-14H,7,12H2. The van der Waals surface area contributed by atoms with Crippen molar-refractivity contribution in [2.75, 3.05) is 5.43 Å². The van der Waals surface area contributed by atoms with Gasteiger partial charge >= 0.3 is 0 Å². The molecule has 0 amide bonds. The van der Waals surface area contributed by atoms with Crippen LogP contribution < -0.4 is 16.0 Å². The largest absolute Gasteiger partial charge is 0.472 e. The third kappa shape index (κ3) is 2.89. The van der Waals surface area contributed by atoms with Crippen LogP contribution in [0.15, 0.2) is 52.2 Å². The van der Waals surface area contributed by atoms with Crippen molar-refractivity contribution in [3.63, 3.8) is 0 Å². The van der Waals surface area contributed by atoms with Crippen LogP contribution in [0, 0.1) is 0 Å². The average molecular weight is 267 g/mol. The molecule has 0 aliphatic rings. The summed E-state index contributed by atoms with van der Waals surface area (Å²) in [7, 11) is -3.52. The van der Waals surface area contributed by atoms with Crippen molar-refractivity contribution < 1.29 is 12.8 Å².